The minimum absolute atomic E-state index is 0.424. The van der Waals surface area contributed by atoms with Crippen molar-refractivity contribution in [3.05, 3.63) is 22.7 Å². The van der Waals surface area contributed by atoms with E-state index >= 15 is 0 Å². The number of nitrogens with one attached hydrogen (secondary N) is 1. The van der Waals surface area contributed by atoms with Crippen LogP contribution in [0.15, 0.2) is 17.2 Å². The lowest BCUT2D eigenvalue weighted by Crippen LogP contribution is -2.29. The molecule has 0 bridgehead atoms. The van der Waals surface area contributed by atoms with Gasteiger partial charge in [-0.3, -0.25) is 0 Å². The predicted molar refractivity (Wildman–Crippen MR) is 95.4 cm³/mol. The number of hydrogen-bond acceptors (Lipinski definition) is 5. The van der Waals surface area contributed by atoms with Gasteiger partial charge in [0.25, 0.3) is 0 Å². The number of carbonyl (C=O) groups excluding carboxylic acids is 1. The van der Waals surface area contributed by atoms with Crippen molar-refractivity contribution in [3.63, 3.8) is 0 Å². The molecular weight excluding hydrogens is 332 g/mol. The molecule has 7 heteroatoms. The molecule has 0 aromatic heterocycles. The highest BCUT2D eigenvalue weighted by molar-refractivity contribution is 6.32. The Morgan fingerprint density at radius 2 is 2.00 bits per heavy atom. The van der Waals surface area contributed by atoms with Crippen LogP contribution in [0.5, 0.6) is 11.5 Å². The third-order valence-electron chi connectivity index (χ3n) is 2.55. The number of hydrogen-bond donors (Lipinski definition) is 1. The summed E-state index contributed by atoms with van der Waals surface area (Å²) in [5, 5.41) is 4.28. The fraction of sp³-hybridized carbons (Fsp3) is 0.529. The zero-order valence-corrected chi connectivity index (χ0v) is 15.6. The SMILES string of the molecule is CCCOc1c(Cl)cc(/C=N/NC(=O)OC(C)(C)C)cc1OCC. The van der Waals surface area contributed by atoms with Gasteiger partial charge in [-0.2, -0.15) is 5.10 Å². The fourth-order valence-corrected chi connectivity index (χ4v) is 2.00. The number of rotatable bonds is 7. The van der Waals surface area contributed by atoms with Crippen LogP contribution in [-0.2, 0) is 4.74 Å². The Kier molecular flexibility index (Phi) is 7.85. The molecule has 24 heavy (non-hydrogen) atoms. The summed E-state index contributed by atoms with van der Waals surface area (Å²) in [7, 11) is 0. The highest BCUT2D eigenvalue weighted by Gasteiger charge is 2.15. The monoisotopic (exact) mass is 356 g/mol. The van der Waals surface area contributed by atoms with Gasteiger partial charge in [-0.1, -0.05) is 18.5 Å². The van der Waals surface area contributed by atoms with Gasteiger partial charge in [0.15, 0.2) is 11.5 Å². The molecule has 0 spiro atoms. The van der Waals surface area contributed by atoms with E-state index in [2.05, 4.69) is 10.5 Å². The minimum atomic E-state index is -0.627. The van der Waals surface area contributed by atoms with E-state index in [1.165, 1.54) is 6.21 Å². The van der Waals surface area contributed by atoms with Crippen LogP contribution in [0.1, 0.15) is 46.6 Å². The molecule has 0 aliphatic rings. The average Bonchev–Trinajstić information content (AvgIpc) is 2.45. The van der Waals surface area contributed by atoms with Gasteiger partial charge in [0, 0.05) is 0 Å². The zero-order valence-electron chi connectivity index (χ0n) is 14.8. The van der Waals surface area contributed by atoms with Gasteiger partial charge in [-0.15, -0.1) is 0 Å². The van der Waals surface area contributed by atoms with Crippen LogP contribution in [0, 0.1) is 0 Å². The molecule has 134 valence electrons. The van der Waals surface area contributed by atoms with Gasteiger partial charge in [-0.25, -0.2) is 10.2 Å². The van der Waals surface area contributed by atoms with Crippen molar-refractivity contribution in [2.75, 3.05) is 13.2 Å². The van der Waals surface area contributed by atoms with Gasteiger partial charge in [0.05, 0.1) is 24.5 Å². The van der Waals surface area contributed by atoms with Crippen LogP contribution in [0.4, 0.5) is 4.79 Å². The summed E-state index contributed by atoms with van der Waals surface area (Å²) in [5.41, 5.74) is 2.39. The normalized spacial score (nSPS) is 11.4. The molecule has 1 N–H and O–H groups in total. The molecule has 0 saturated carbocycles. The molecule has 0 radical (unpaired) electrons. The van der Waals surface area contributed by atoms with Crippen molar-refractivity contribution in [2.45, 2.75) is 46.6 Å². The second kappa shape index (κ2) is 9.37. The van der Waals surface area contributed by atoms with Crippen LogP contribution in [-0.4, -0.2) is 31.1 Å². The summed E-state index contributed by atoms with van der Waals surface area (Å²) < 4.78 is 16.3. The Hall–Kier alpha value is -1.95. The number of halogens is 1. The van der Waals surface area contributed by atoms with E-state index in [4.69, 9.17) is 25.8 Å². The lowest BCUT2D eigenvalue weighted by molar-refractivity contribution is 0.0529. The number of nitrogens with zero attached hydrogens (tertiary/aromatic N) is 1. The third kappa shape index (κ3) is 7.08. The quantitative estimate of drug-likeness (QED) is 0.581. The zero-order chi connectivity index (χ0) is 18.2. The summed E-state index contributed by atoms with van der Waals surface area (Å²) in [5.74, 6) is 1.05. The molecule has 1 rings (SSSR count). The fourth-order valence-electron chi connectivity index (χ4n) is 1.73. The van der Waals surface area contributed by atoms with Gasteiger partial charge in [0.2, 0.25) is 0 Å². The van der Waals surface area contributed by atoms with Gasteiger partial charge >= 0.3 is 6.09 Å². The summed E-state index contributed by atoms with van der Waals surface area (Å²) in [6.45, 7) is 10.3. The molecule has 0 saturated heterocycles. The van der Waals surface area contributed by atoms with E-state index in [1.54, 1.807) is 32.9 Å². The highest BCUT2D eigenvalue weighted by Crippen LogP contribution is 2.36. The molecule has 0 unspecified atom stereocenters. The van der Waals surface area contributed by atoms with E-state index in [-0.39, 0.29) is 0 Å². The van der Waals surface area contributed by atoms with E-state index in [0.29, 0.717) is 35.3 Å². The van der Waals surface area contributed by atoms with Crippen molar-refractivity contribution < 1.29 is 19.0 Å². The number of amides is 1. The molecule has 0 atom stereocenters. The maximum Gasteiger partial charge on any atom is 0.428 e. The van der Waals surface area contributed by atoms with Crippen LogP contribution in [0.25, 0.3) is 0 Å². The van der Waals surface area contributed by atoms with Crippen molar-refractivity contribution in [1.82, 2.24) is 5.43 Å². The Balaban J connectivity index is 2.84. The van der Waals surface area contributed by atoms with Crippen LogP contribution in [0.3, 0.4) is 0 Å². The molecule has 1 aromatic rings. The maximum atomic E-state index is 11.5. The van der Waals surface area contributed by atoms with Crippen molar-refractivity contribution in [2.24, 2.45) is 5.10 Å². The van der Waals surface area contributed by atoms with Crippen LogP contribution >= 0.6 is 11.6 Å². The smallest absolute Gasteiger partial charge is 0.428 e. The molecule has 0 heterocycles. The standard InChI is InChI=1S/C17H25ClN2O4/c1-6-8-23-15-13(18)9-12(10-14(15)22-7-2)11-19-20-16(21)24-17(3,4)5/h9-11H,6-8H2,1-5H3,(H,20,21)/b19-11+. The van der Waals surface area contributed by atoms with Gasteiger partial charge in [-0.05, 0) is 51.8 Å². The topological polar surface area (TPSA) is 69.2 Å². The number of carbonyl (C=O) groups is 1. The average molecular weight is 357 g/mol. The number of hydrazone groups is 1. The first-order chi connectivity index (χ1) is 11.3. The molecule has 1 aromatic carbocycles. The molecular formula is C17H25ClN2O4. The Morgan fingerprint density at radius 1 is 1.29 bits per heavy atom. The van der Waals surface area contributed by atoms with E-state index in [9.17, 15) is 4.79 Å². The van der Waals surface area contributed by atoms with Crippen molar-refractivity contribution in [3.8, 4) is 11.5 Å². The van der Waals surface area contributed by atoms with Crippen LogP contribution < -0.4 is 14.9 Å². The van der Waals surface area contributed by atoms with Crippen molar-refractivity contribution in [1.29, 1.82) is 0 Å². The summed E-state index contributed by atoms with van der Waals surface area (Å²) in [6, 6.07) is 3.44. The van der Waals surface area contributed by atoms with E-state index in [0.717, 1.165) is 6.42 Å². The lowest BCUT2D eigenvalue weighted by atomic mass is 10.2. The first-order valence-corrected chi connectivity index (χ1v) is 8.25. The first kappa shape index (κ1) is 20.1. The highest BCUT2D eigenvalue weighted by atomic mass is 35.5. The Morgan fingerprint density at radius 3 is 2.58 bits per heavy atom. The predicted octanol–water partition coefficient (Wildman–Crippen LogP) is 4.39. The maximum absolute atomic E-state index is 11.5. The second-order valence-electron chi connectivity index (χ2n) is 5.98. The van der Waals surface area contributed by atoms with E-state index in [1.807, 2.05) is 13.8 Å². The first-order valence-electron chi connectivity index (χ1n) is 7.88. The summed E-state index contributed by atoms with van der Waals surface area (Å²) >= 11 is 6.26. The number of benzene rings is 1. The lowest BCUT2D eigenvalue weighted by Gasteiger charge is -2.18. The molecule has 0 aliphatic carbocycles. The molecule has 6 nitrogen and oxygen atoms in total. The minimum Gasteiger partial charge on any atom is -0.490 e. The number of ether oxygens (including phenoxy) is 3. The molecule has 0 fully saturated rings. The van der Waals surface area contributed by atoms with E-state index < -0.39 is 11.7 Å². The Labute approximate surface area is 148 Å². The molecule has 0 aliphatic heterocycles. The van der Waals surface area contributed by atoms with Crippen LogP contribution in [0.2, 0.25) is 5.02 Å². The Bertz CT molecular complexity index is 583. The van der Waals surface area contributed by atoms with Gasteiger partial charge in [0.1, 0.15) is 5.60 Å². The molecule has 1 amide bonds. The second-order valence-corrected chi connectivity index (χ2v) is 6.39. The van der Waals surface area contributed by atoms with Crippen molar-refractivity contribution >= 4 is 23.9 Å². The van der Waals surface area contributed by atoms with Gasteiger partial charge < -0.3 is 14.2 Å². The summed E-state index contributed by atoms with van der Waals surface area (Å²) in [6.07, 6.45) is 1.70. The largest absolute Gasteiger partial charge is 0.490 e. The summed E-state index contributed by atoms with van der Waals surface area (Å²) in [4.78, 5) is 11.5. The third-order valence-corrected chi connectivity index (χ3v) is 2.83.